The van der Waals surface area contributed by atoms with Crippen LogP contribution in [0.2, 0.25) is 0 Å². The topological polar surface area (TPSA) is 29.3 Å². The summed E-state index contributed by atoms with van der Waals surface area (Å²) in [5.74, 6) is -0.170. The largest absolute Gasteiger partial charge is 0.330 e. The van der Waals surface area contributed by atoms with Crippen LogP contribution in [-0.4, -0.2) is 31.1 Å². The number of fused-ring (bicyclic) bond motifs is 1. The second-order valence-corrected chi connectivity index (χ2v) is 5.59. The van der Waals surface area contributed by atoms with Crippen molar-refractivity contribution < 1.29 is 4.39 Å². The summed E-state index contributed by atoms with van der Waals surface area (Å²) in [4.78, 5) is 2.42. The molecule has 0 spiro atoms. The molecule has 2 aromatic rings. The SMILES string of the molecule is NCCCN1CC=C(c2cccc3ccc(F)cc23)CC1. The van der Waals surface area contributed by atoms with Gasteiger partial charge in [-0.15, -0.1) is 0 Å². The maximum Gasteiger partial charge on any atom is 0.123 e. The summed E-state index contributed by atoms with van der Waals surface area (Å²) in [5, 5.41) is 2.11. The van der Waals surface area contributed by atoms with Crippen LogP contribution < -0.4 is 5.73 Å². The molecule has 0 aliphatic carbocycles. The van der Waals surface area contributed by atoms with Crippen molar-refractivity contribution in [3.63, 3.8) is 0 Å². The first-order chi connectivity index (χ1) is 10.3. The Labute approximate surface area is 125 Å². The van der Waals surface area contributed by atoms with Gasteiger partial charge in [-0.25, -0.2) is 4.39 Å². The van der Waals surface area contributed by atoms with E-state index in [1.165, 1.54) is 17.2 Å². The third-order valence-electron chi connectivity index (χ3n) is 4.16. The lowest BCUT2D eigenvalue weighted by atomic mass is 9.94. The Bertz CT molecular complexity index is 663. The van der Waals surface area contributed by atoms with Gasteiger partial charge in [-0.1, -0.05) is 30.3 Å². The molecule has 0 amide bonds. The molecule has 0 atom stereocenters. The van der Waals surface area contributed by atoms with Gasteiger partial charge in [-0.05, 0) is 60.0 Å². The van der Waals surface area contributed by atoms with Gasteiger partial charge in [0.2, 0.25) is 0 Å². The van der Waals surface area contributed by atoms with Gasteiger partial charge < -0.3 is 5.73 Å². The Morgan fingerprint density at radius 3 is 2.86 bits per heavy atom. The molecular weight excluding hydrogens is 263 g/mol. The lowest BCUT2D eigenvalue weighted by Crippen LogP contribution is -2.30. The molecule has 110 valence electrons. The summed E-state index contributed by atoms with van der Waals surface area (Å²) >= 11 is 0. The van der Waals surface area contributed by atoms with Crippen LogP contribution in [0.4, 0.5) is 4.39 Å². The van der Waals surface area contributed by atoms with Gasteiger partial charge in [0.05, 0.1) is 0 Å². The Morgan fingerprint density at radius 2 is 2.10 bits per heavy atom. The number of rotatable bonds is 4. The van der Waals surface area contributed by atoms with E-state index in [4.69, 9.17) is 5.73 Å². The fraction of sp³-hybridized carbons (Fsp3) is 0.333. The summed E-state index contributed by atoms with van der Waals surface area (Å²) in [6, 6.07) is 11.2. The minimum atomic E-state index is -0.170. The molecule has 2 N–H and O–H groups in total. The lowest BCUT2D eigenvalue weighted by Gasteiger charge is -2.26. The third-order valence-corrected chi connectivity index (χ3v) is 4.16. The summed E-state index contributed by atoms with van der Waals surface area (Å²) in [6.45, 7) is 3.82. The van der Waals surface area contributed by atoms with Crippen LogP contribution in [0.3, 0.4) is 0 Å². The summed E-state index contributed by atoms with van der Waals surface area (Å²) < 4.78 is 13.5. The first kappa shape index (κ1) is 14.2. The number of hydrogen-bond acceptors (Lipinski definition) is 2. The van der Waals surface area contributed by atoms with Crippen LogP contribution in [0.5, 0.6) is 0 Å². The van der Waals surface area contributed by atoms with E-state index in [-0.39, 0.29) is 5.82 Å². The molecule has 0 saturated heterocycles. The predicted molar refractivity (Wildman–Crippen MR) is 86.6 cm³/mol. The molecule has 1 aliphatic heterocycles. The normalized spacial score (nSPS) is 16.2. The first-order valence-electron chi connectivity index (χ1n) is 7.58. The van der Waals surface area contributed by atoms with Gasteiger partial charge in [0.1, 0.15) is 5.82 Å². The number of nitrogens with two attached hydrogens (primary N) is 1. The Morgan fingerprint density at radius 1 is 1.19 bits per heavy atom. The molecule has 0 fully saturated rings. The van der Waals surface area contributed by atoms with Crippen molar-refractivity contribution in [3.8, 4) is 0 Å². The molecular formula is C18H21FN2. The second kappa shape index (κ2) is 6.37. The predicted octanol–water partition coefficient (Wildman–Crippen LogP) is 3.42. The molecule has 0 unspecified atom stereocenters. The minimum absolute atomic E-state index is 0.170. The number of benzene rings is 2. The monoisotopic (exact) mass is 284 g/mol. The Balaban J connectivity index is 1.88. The summed E-state index contributed by atoms with van der Waals surface area (Å²) in [7, 11) is 0. The van der Waals surface area contributed by atoms with Crippen LogP contribution in [0, 0.1) is 5.82 Å². The Hall–Kier alpha value is -1.71. The molecule has 0 aromatic heterocycles. The molecule has 1 heterocycles. The van der Waals surface area contributed by atoms with E-state index in [9.17, 15) is 4.39 Å². The molecule has 2 nitrogen and oxygen atoms in total. The van der Waals surface area contributed by atoms with Crippen molar-refractivity contribution in [1.29, 1.82) is 0 Å². The van der Waals surface area contributed by atoms with Crippen LogP contribution in [-0.2, 0) is 0 Å². The number of halogens is 1. The highest BCUT2D eigenvalue weighted by Gasteiger charge is 2.14. The highest BCUT2D eigenvalue weighted by atomic mass is 19.1. The van der Waals surface area contributed by atoms with Gasteiger partial charge >= 0.3 is 0 Å². The third kappa shape index (κ3) is 3.14. The van der Waals surface area contributed by atoms with E-state index >= 15 is 0 Å². The minimum Gasteiger partial charge on any atom is -0.330 e. The van der Waals surface area contributed by atoms with E-state index in [0.29, 0.717) is 0 Å². The molecule has 3 heteroatoms. The average Bonchev–Trinajstić information content (AvgIpc) is 2.53. The molecule has 0 saturated carbocycles. The quantitative estimate of drug-likeness (QED) is 0.932. The van der Waals surface area contributed by atoms with Crippen LogP contribution in [0.15, 0.2) is 42.5 Å². The van der Waals surface area contributed by atoms with Gasteiger partial charge in [-0.2, -0.15) is 0 Å². The first-order valence-corrected chi connectivity index (χ1v) is 7.58. The molecule has 2 aromatic carbocycles. The van der Waals surface area contributed by atoms with Crippen LogP contribution in [0.1, 0.15) is 18.4 Å². The van der Waals surface area contributed by atoms with Gasteiger partial charge in [0.25, 0.3) is 0 Å². The second-order valence-electron chi connectivity index (χ2n) is 5.59. The smallest absolute Gasteiger partial charge is 0.123 e. The van der Waals surface area contributed by atoms with Crippen molar-refractivity contribution in [2.45, 2.75) is 12.8 Å². The van der Waals surface area contributed by atoms with E-state index in [2.05, 4.69) is 23.1 Å². The lowest BCUT2D eigenvalue weighted by molar-refractivity contribution is 0.300. The maximum absolute atomic E-state index is 13.5. The van der Waals surface area contributed by atoms with Gasteiger partial charge in [0, 0.05) is 13.1 Å². The Kier molecular flexibility index (Phi) is 4.32. The van der Waals surface area contributed by atoms with Crippen molar-refractivity contribution in [3.05, 3.63) is 53.9 Å². The van der Waals surface area contributed by atoms with Gasteiger partial charge in [0.15, 0.2) is 0 Å². The van der Waals surface area contributed by atoms with E-state index in [1.807, 2.05) is 12.1 Å². The average molecular weight is 284 g/mol. The highest BCUT2D eigenvalue weighted by molar-refractivity contribution is 5.94. The maximum atomic E-state index is 13.5. The molecule has 0 bridgehead atoms. The fourth-order valence-electron chi connectivity index (χ4n) is 3.00. The molecule has 0 radical (unpaired) electrons. The summed E-state index contributed by atoms with van der Waals surface area (Å²) in [6.07, 6.45) is 4.34. The van der Waals surface area contributed by atoms with E-state index in [0.717, 1.165) is 49.8 Å². The standard InChI is InChI=1S/C18H21FN2/c19-16-6-5-14-3-1-4-17(18(14)13-16)15-7-11-21(12-8-15)10-2-9-20/h1,3-7,13H,2,8-12,20H2. The van der Waals surface area contributed by atoms with Crippen molar-refractivity contribution in [2.24, 2.45) is 5.73 Å². The zero-order valence-corrected chi connectivity index (χ0v) is 12.2. The van der Waals surface area contributed by atoms with E-state index < -0.39 is 0 Å². The van der Waals surface area contributed by atoms with Crippen LogP contribution >= 0.6 is 0 Å². The molecule has 21 heavy (non-hydrogen) atoms. The zero-order valence-electron chi connectivity index (χ0n) is 12.2. The van der Waals surface area contributed by atoms with Crippen molar-refractivity contribution >= 4 is 16.3 Å². The zero-order chi connectivity index (χ0) is 14.7. The molecule has 3 rings (SSSR count). The van der Waals surface area contributed by atoms with Crippen LogP contribution in [0.25, 0.3) is 16.3 Å². The summed E-state index contributed by atoms with van der Waals surface area (Å²) in [5.41, 5.74) is 8.06. The highest BCUT2D eigenvalue weighted by Crippen LogP contribution is 2.29. The van der Waals surface area contributed by atoms with Crippen molar-refractivity contribution in [1.82, 2.24) is 4.90 Å². The van der Waals surface area contributed by atoms with Gasteiger partial charge in [-0.3, -0.25) is 4.90 Å². The van der Waals surface area contributed by atoms with Crippen molar-refractivity contribution in [2.75, 3.05) is 26.2 Å². The molecule has 1 aliphatic rings. The number of nitrogens with zero attached hydrogens (tertiary/aromatic N) is 1. The van der Waals surface area contributed by atoms with E-state index in [1.54, 1.807) is 6.07 Å². The fourth-order valence-corrected chi connectivity index (χ4v) is 3.00. The number of hydrogen-bond donors (Lipinski definition) is 1.